The number of fused-ring (bicyclic) bond motifs is 2. The number of carbonyl (C=O) groups excluding carboxylic acids is 1. The Morgan fingerprint density at radius 3 is 2.43 bits per heavy atom. The van der Waals surface area contributed by atoms with Crippen LogP contribution in [0.4, 0.5) is 0 Å². The fraction of sp³-hybridized carbons (Fsp3) is 0.263. The largest absolute Gasteiger partial charge is 0.332 e. The SMILES string of the molecule is C[C@H](c1ccccc1)N1C(=O)[C@@H]2Cc3ccccc3CN2C1=S. The van der Waals surface area contributed by atoms with E-state index < -0.39 is 0 Å². The van der Waals surface area contributed by atoms with Crippen LogP contribution in [0, 0.1) is 0 Å². The first-order valence-electron chi connectivity index (χ1n) is 7.92. The average molecular weight is 322 g/mol. The van der Waals surface area contributed by atoms with Gasteiger partial charge in [0, 0.05) is 13.0 Å². The molecule has 1 fully saturated rings. The molecule has 1 saturated heterocycles. The first-order valence-corrected chi connectivity index (χ1v) is 8.33. The maximum atomic E-state index is 13.0. The summed E-state index contributed by atoms with van der Waals surface area (Å²) in [6.07, 6.45) is 0.743. The molecule has 1 amide bonds. The Kier molecular flexibility index (Phi) is 3.42. The van der Waals surface area contributed by atoms with Crippen LogP contribution >= 0.6 is 12.2 Å². The second kappa shape index (κ2) is 5.46. The monoisotopic (exact) mass is 322 g/mol. The molecule has 116 valence electrons. The van der Waals surface area contributed by atoms with Gasteiger partial charge in [-0.05, 0) is 35.8 Å². The summed E-state index contributed by atoms with van der Waals surface area (Å²) in [5.41, 5.74) is 3.65. The van der Waals surface area contributed by atoms with Gasteiger partial charge >= 0.3 is 0 Å². The van der Waals surface area contributed by atoms with E-state index in [2.05, 4.69) is 17.0 Å². The number of nitrogens with zero attached hydrogens (tertiary/aromatic N) is 2. The number of thiocarbonyl (C=S) groups is 1. The first kappa shape index (κ1) is 14.4. The summed E-state index contributed by atoms with van der Waals surface area (Å²) in [5.74, 6) is 0.126. The molecule has 2 aliphatic heterocycles. The molecule has 4 heteroatoms. The molecule has 0 aromatic heterocycles. The summed E-state index contributed by atoms with van der Waals surface area (Å²) < 4.78 is 0. The number of benzene rings is 2. The highest BCUT2D eigenvalue weighted by atomic mass is 32.1. The van der Waals surface area contributed by atoms with Crippen LogP contribution in [-0.2, 0) is 17.8 Å². The lowest BCUT2D eigenvalue weighted by Crippen LogP contribution is -2.39. The second-order valence-corrected chi connectivity index (χ2v) is 6.56. The van der Waals surface area contributed by atoms with Gasteiger partial charge in [0.15, 0.2) is 5.11 Å². The second-order valence-electron chi connectivity index (χ2n) is 6.19. The van der Waals surface area contributed by atoms with Gasteiger partial charge in [0.25, 0.3) is 5.91 Å². The van der Waals surface area contributed by atoms with E-state index in [-0.39, 0.29) is 18.0 Å². The van der Waals surface area contributed by atoms with Crippen LogP contribution in [0.15, 0.2) is 54.6 Å². The molecule has 0 aliphatic carbocycles. The van der Waals surface area contributed by atoms with E-state index in [1.807, 2.05) is 49.4 Å². The minimum absolute atomic E-state index is 0.0371. The van der Waals surface area contributed by atoms with Gasteiger partial charge < -0.3 is 4.90 Å². The van der Waals surface area contributed by atoms with Crippen molar-refractivity contribution in [2.45, 2.75) is 32.0 Å². The van der Waals surface area contributed by atoms with Gasteiger partial charge in [-0.25, -0.2) is 0 Å². The van der Waals surface area contributed by atoms with Gasteiger partial charge in [-0.1, -0.05) is 54.6 Å². The van der Waals surface area contributed by atoms with E-state index in [4.69, 9.17) is 12.2 Å². The van der Waals surface area contributed by atoms with Gasteiger partial charge in [0.1, 0.15) is 6.04 Å². The van der Waals surface area contributed by atoms with Gasteiger partial charge in [0.05, 0.1) is 6.04 Å². The normalized spacial score (nSPS) is 21.2. The molecule has 0 bridgehead atoms. The van der Waals surface area contributed by atoms with Crippen LogP contribution in [0.2, 0.25) is 0 Å². The smallest absolute Gasteiger partial charge is 0.252 e. The summed E-state index contributed by atoms with van der Waals surface area (Å²) in [7, 11) is 0. The third-order valence-corrected chi connectivity index (χ3v) is 5.32. The molecule has 4 rings (SSSR count). The number of rotatable bonds is 2. The third kappa shape index (κ3) is 2.25. The molecule has 0 unspecified atom stereocenters. The van der Waals surface area contributed by atoms with Crippen molar-refractivity contribution in [3.05, 3.63) is 71.3 Å². The first-order chi connectivity index (χ1) is 11.2. The van der Waals surface area contributed by atoms with Crippen molar-refractivity contribution < 1.29 is 4.79 Å². The van der Waals surface area contributed by atoms with Crippen LogP contribution in [0.5, 0.6) is 0 Å². The minimum atomic E-state index is -0.149. The highest BCUT2D eigenvalue weighted by molar-refractivity contribution is 7.80. The molecular weight excluding hydrogens is 304 g/mol. The quantitative estimate of drug-likeness (QED) is 0.793. The summed E-state index contributed by atoms with van der Waals surface area (Å²) in [4.78, 5) is 16.8. The third-order valence-electron chi connectivity index (χ3n) is 4.89. The van der Waals surface area contributed by atoms with Crippen molar-refractivity contribution in [2.24, 2.45) is 0 Å². The molecule has 2 aliphatic rings. The maximum absolute atomic E-state index is 13.0. The van der Waals surface area contributed by atoms with Gasteiger partial charge in [0.2, 0.25) is 0 Å². The van der Waals surface area contributed by atoms with Crippen LogP contribution < -0.4 is 0 Å². The predicted molar refractivity (Wildman–Crippen MR) is 93.8 cm³/mol. The highest BCUT2D eigenvalue weighted by Crippen LogP contribution is 2.34. The summed E-state index contributed by atoms with van der Waals surface area (Å²) in [6, 6.07) is 18.2. The van der Waals surface area contributed by atoms with Crippen molar-refractivity contribution in [1.29, 1.82) is 0 Å². The van der Waals surface area contributed by atoms with Crippen LogP contribution in [0.3, 0.4) is 0 Å². The molecule has 0 N–H and O–H groups in total. The maximum Gasteiger partial charge on any atom is 0.252 e. The molecule has 23 heavy (non-hydrogen) atoms. The zero-order valence-corrected chi connectivity index (χ0v) is 13.8. The minimum Gasteiger partial charge on any atom is -0.332 e. The van der Waals surface area contributed by atoms with Crippen molar-refractivity contribution in [1.82, 2.24) is 9.80 Å². The van der Waals surface area contributed by atoms with E-state index in [9.17, 15) is 4.79 Å². The molecule has 2 aromatic rings. The molecule has 0 saturated carbocycles. The van der Waals surface area contributed by atoms with Crippen molar-refractivity contribution in [3.8, 4) is 0 Å². The predicted octanol–water partition coefficient (Wildman–Crippen LogP) is 3.30. The van der Waals surface area contributed by atoms with E-state index in [0.717, 1.165) is 18.5 Å². The summed E-state index contributed by atoms with van der Waals surface area (Å²) >= 11 is 5.65. The molecule has 0 spiro atoms. The van der Waals surface area contributed by atoms with Crippen LogP contribution in [0.1, 0.15) is 29.7 Å². The summed E-state index contributed by atoms with van der Waals surface area (Å²) in [6.45, 7) is 2.77. The number of hydrogen-bond acceptors (Lipinski definition) is 2. The van der Waals surface area contributed by atoms with E-state index in [1.54, 1.807) is 4.90 Å². The number of amides is 1. The molecular formula is C19H18N2OS. The Morgan fingerprint density at radius 1 is 1.04 bits per heavy atom. The molecule has 0 radical (unpaired) electrons. The fourth-order valence-corrected chi connectivity index (χ4v) is 4.01. The molecule has 2 aromatic carbocycles. The molecule has 2 atom stereocenters. The number of hydrogen-bond donors (Lipinski definition) is 0. The van der Waals surface area contributed by atoms with Gasteiger partial charge in [-0.2, -0.15) is 0 Å². The molecule has 2 heterocycles. The topological polar surface area (TPSA) is 23.6 Å². The Hall–Kier alpha value is -2.20. The van der Waals surface area contributed by atoms with Gasteiger partial charge in [-0.3, -0.25) is 9.69 Å². The van der Waals surface area contributed by atoms with E-state index in [0.29, 0.717) is 5.11 Å². The van der Waals surface area contributed by atoms with E-state index >= 15 is 0 Å². The van der Waals surface area contributed by atoms with Crippen molar-refractivity contribution in [3.63, 3.8) is 0 Å². The number of carbonyl (C=O) groups is 1. The summed E-state index contributed by atoms with van der Waals surface area (Å²) in [5, 5.41) is 0.658. The van der Waals surface area contributed by atoms with Crippen LogP contribution in [0.25, 0.3) is 0 Å². The lowest BCUT2D eigenvalue weighted by atomic mass is 9.95. The Bertz CT molecular complexity index is 731. The zero-order chi connectivity index (χ0) is 16.0. The molecule has 3 nitrogen and oxygen atoms in total. The lowest BCUT2D eigenvalue weighted by Gasteiger charge is -2.30. The standard InChI is InChI=1S/C19H18N2OS/c1-13(14-7-3-2-4-8-14)21-18(22)17-11-15-9-5-6-10-16(15)12-20(17)19(21)23/h2-10,13,17H,11-12H2,1H3/t13-,17+/m1/s1. The van der Waals surface area contributed by atoms with Crippen molar-refractivity contribution in [2.75, 3.05) is 0 Å². The fourth-order valence-electron chi connectivity index (χ4n) is 3.58. The average Bonchev–Trinajstić information content (AvgIpc) is 2.84. The zero-order valence-electron chi connectivity index (χ0n) is 13.0. The lowest BCUT2D eigenvalue weighted by molar-refractivity contribution is -0.129. The Balaban J connectivity index is 1.66. The van der Waals surface area contributed by atoms with Crippen LogP contribution in [-0.4, -0.2) is 26.9 Å². The van der Waals surface area contributed by atoms with Gasteiger partial charge in [-0.15, -0.1) is 0 Å². The Labute approximate surface area is 141 Å². The highest BCUT2D eigenvalue weighted by Gasteiger charge is 2.46. The van der Waals surface area contributed by atoms with Crippen molar-refractivity contribution >= 4 is 23.2 Å². The Morgan fingerprint density at radius 2 is 1.70 bits per heavy atom. The van der Waals surface area contributed by atoms with E-state index in [1.165, 1.54) is 11.1 Å².